The Hall–Kier alpha value is -7.49. The van der Waals surface area contributed by atoms with E-state index in [-0.39, 0.29) is 0 Å². The summed E-state index contributed by atoms with van der Waals surface area (Å²) >= 11 is 0. The molecule has 11 aromatic rings. The predicted octanol–water partition coefficient (Wildman–Crippen LogP) is 13.8. The molecule has 0 saturated carbocycles. The molecule has 0 aliphatic heterocycles. The molecule has 0 atom stereocenters. The molecule has 3 aromatic heterocycles. The fraction of sp³-hybridized carbons (Fsp3) is 0.0185. The molecule has 0 N–H and O–H groups in total. The van der Waals surface area contributed by atoms with Crippen LogP contribution in [-0.2, 0) is 6.42 Å². The molecule has 0 fully saturated rings. The first-order chi connectivity index (χ1) is 28.3. The van der Waals surface area contributed by atoms with Crippen molar-refractivity contribution in [3.63, 3.8) is 0 Å². The summed E-state index contributed by atoms with van der Waals surface area (Å²) < 4.78 is 4.84. The smallest absolute Gasteiger partial charge is 0.0801 e. The maximum atomic E-state index is 4.99. The van der Waals surface area contributed by atoms with Crippen molar-refractivity contribution >= 4 is 43.6 Å². The highest BCUT2D eigenvalue weighted by atomic mass is 15.0. The summed E-state index contributed by atoms with van der Waals surface area (Å²) in [6.45, 7) is 0. The normalized spacial score (nSPS) is 12.1. The summed E-state index contributed by atoms with van der Waals surface area (Å²) in [6.07, 6.45) is 2.85. The second-order valence-corrected chi connectivity index (χ2v) is 15.1. The highest BCUT2D eigenvalue weighted by Crippen LogP contribution is 2.43. The minimum Gasteiger partial charge on any atom is -0.309 e. The summed E-state index contributed by atoms with van der Waals surface area (Å²) in [5.74, 6) is 0. The van der Waals surface area contributed by atoms with E-state index in [4.69, 9.17) is 4.98 Å². The first kappa shape index (κ1) is 31.8. The largest absolute Gasteiger partial charge is 0.309 e. The standard InChI is InChI=1S/C54H35N3/c1-2-13-35(14-3-1)41-19-12-30-55-54(41)45-18-7-11-23-52(45)57-51-22-10-6-17-44(51)48-33-37(27-29-53(48)57)36-24-25-38-31-39-26-28-40(34-47(39)46(38)32-36)56-49-20-8-4-15-42(49)43-16-5-9-21-50(43)56/h1-30,32-34H,31H2. The van der Waals surface area contributed by atoms with Crippen molar-refractivity contribution in [3.8, 4) is 56.0 Å². The van der Waals surface area contributed by atoms with Crippen molar-refractivity contribution in [2.24, 2.45) is 0 Å². The lowest BCUT2D eigenvalue weighted by Crippen LogP contribution is -1.99. The van der Waals surface area contributed by atoms with E-state index >= 15 is 0 Å². The van der Waals surface area contributed by atoms with E-state index in [1.807, 2.05) is 12.3 Å². The monoisotopic (exact) mass is 725 g/mol. The van der Waals surface area contributed by atoms with Crippen LogP contribution in [0.25, 0.3) is 99.6 Å². The molecule has 12 rings (SSSR count). The molecule has 3 heterocycles. The molecule has 1 aliphatic rings. The molecule has 3 nitrogen and oxygen atoms in total. The molecule has 266 valence electrons. The van der Waals surface area contributed by atoms with E-state index in [1.165, 1.54) is 82.7 Å². The fourth-order valence-corrected chi connectivity index (χ4v) is 9.43. The Labute approximate surface area is 330 Å². The van der Waals surface area contributed by atoms with Gasteiger partial charge in [0.1, 0.15) is 0 Å². The second kappa shape index (κ2) is 12.5. The van der Waals surface area contributed by atoms with E-state index in [1.54, 1.807) is 0 Å². The van der Waals surface area contributed by atoms with E-state index in [2.05, 4.69) is 197 Å². The summed E-state index contributed by atoms with van der Waals surface area (Å²) in [5.41, 5.74) is 19.3. The number of nitrogens with zero attached hydrogens (tertiary/aromatic N) is 3. The number of rotatable bonds is 5. The Morgan fingerprint density at radius 2 is 0.912 bits per heavy atom. The topological polar surface area (TPSA) is 22.8 Å². The lowest BCUT2D eigenvalue weighted by Gasteiger charge is -2.16. The van der Waals surface area contributed by atoms with E-state index in [9.17, 15) is 0 Å². The Kier molecular flexibility index (Phi) is 6.99. The van der Waals surface area contributed by atoms with Gasteiger partial charge in [-0.05, 0) is 106 Å². The molecule has 0 amide bonds. The van der Waals surface area contributed by atoms with Crippen LogP contribution in [0, 0.1) is 0 Å². The van der Waals surface area contributed by atoms with Gasteiger partial charge in [-0.2, -0.15) is 0 Å². The van der Waals surface area contributed by atoms with Crippen LogP contribution in [0.1, 0.15) is 11.1 Å². The van der Waals surface area contributed by atoms with Gasteiger partial charge in [0.2, 0.25) is 0 Å². The van der Waals surface area contributed by atoms with Crippen LogP contribution >= 0.6 is 0 Å². The highest BCUT2D eigenvalue weighted by Gasteiger charge is 2.23. The summed E-state index contributed by atoms with van der Waals surface area (Å²) in [4.78, 5) is 4.99. The lowest BCUT2D eigenvalue weighted by molar-refractivity contribution is 1.17. The molecular formula is C54H35N3. The lowest BCUT2D eigenvalue weighted by atomic mass is 9.97. The zero-order valence-corrected chi connectivity index (χ0v) is 31.1. The number of hydrogen-bond acceptors (Lipinski definition) is 1. The number of benzene rings is 8. The maximum absolute atomic E-state index is 4.99. The van der Waals surface area contributed by atoms with Crippen LogP contribution in [0.3, 0.4) is 0 Å². The third-order valence-corrected chi connectivity index (χ3v) is 12.0. The van der Waals surface area contributed by atoms with Crippen LogP contribution in [0.2, 0.25) is 0 Å². The quantitative estimate of drug-likeness (QED) is 0.173. The summed E-state index contributed by atoms with van der Waals surface area (Å²) in [5, 5.41) is 5.03. The Morgan fingerprint density at radius 1 is 0.351 bits per heavy atom. The minimum atomic E-state index is 0.951. The maximum Gasteiger partial charge on any atom is 0.0801 e. The molecule has 0 unspecified atom stereocenters. The van der Waals surface area contributed by atoms with Crippen LogP contribution in [0.15, 0.2) is 200 Å². The molecule has 0 radical (unpaired) electrons. The van der Waals surface area contributed by atoms with Gasteiger partial charge in [0, 0.05) is 44.6 Å². The van der Waals surface area contributed by atoms with Gasteiger partial charge in [0.05, 0.1) is 33.4 Å². The van der Waals surface area contributed by atoms with E-state index in [0.717, 1.165) is 34.5 Å². The van der Waals surface area contributed by atoms with Gasteiger partial charge in [-0.25, -0.2) is 0 Å². The molecule has 0 saturated heterocycles. The molecule has 0 bridgehead atoms. The van der Waals surface area contributed by atoms with Gasteiger partial charge in [0.15, 0.2) is 0 Å². The second-order valence-electron chi connectivity index (χ2n) is 15.1. The molecular weight excluding hydrogens is 691 g/mol. The van der Waals surface area contributed by atoms with Crippen LogP contribution in [-0.4, -0.2) is 14.1 Å². The predicted molar refractivity (Wildman–Crippen MR) is 237 cm³/mol. The average Bonchev–Trinajstić information content (AvgIpc) is 3.93. The SMILES string of the molecule is c1ccc(-c2cccnc2-c2ccccc2-n2c3ccccc3c3cc(-c4ccc5c(c4)-c4cc(-n6c7ccccc7c7ccccc76)ccc4C5)ccc32)cc1. The molecule has 57 heavy (non-hydrogen) atoms. The summed E-state index contributed by atoms with van der Waals surface area (Å²) in [6, 6.07) is 70.8. The molecule has 0 spiro atoms. The molecule has 3 heteroatoms. The van der Waals surface area contributed by atoms with Crippen molar-refractivity contribution in [3.05, 3.63) is 211 Å². The van der Waals surface area contributed by atoms with Crippen molar-refractivity contribution in [2.75, 3.05) is 0 Å². The van der Waals surface area contributed by atoms with Gasteiger partial charge in [-0.3, -0.25) is 4.98 Å². The van der Waals surface area contributed by atoms with Crippen LogP contribution in [0.5, 0.6) is 0 Å². The van der Waals surface area contributed by atoms with Crippen LogP contribution < -0.4 is 0 Å². The zero-order chi connectivity index (χ0) is 37.5. The third-order valence-electron chi connectivity index (χ3n) is 12.0. The number of hydrogen-bond donors (Lipinski definition) is 0. The molecule has 1 aliphatic carbocycles. The van der Waals surface area contributed by atoms with Gasteiger partial charge in [-0.1, -0.05) is 133 Å². The average molecular weight is 726 g/mol. The van der Waals surface area contributed by atoms with E-state index in [0.29, 0.717) is 0 Å². The fourth-order valence-electron chi connectivity index (χ4n) is 9.43. The number of aromatic nitrogens is 3. The van der Waals surface area contributed by atoms with Crippen LogP contribution in [0.4, 0.5) is 0 Å². The minimum absolute atomic E-state index is 0.951. The zero-order valence-electron chi connectivity index (χ0n) is 31.1. The Bertz CT molecular complexity index is 3330. The van der Waals surface area contributed by atoms with Crippen molar-refractivity contribution in [1.82, 2.24) is 14.1 Å². The Balaban J connectivity index is 0.989. The van der Waals surface area contributed by atoms with Crippen molar-refractivity contribution < 1.29 is 0 Å². The van der Waals surface area contributed by atoms with E-state index < -0.39 is 0 Å². The first-order valence-corrected chi connectivity index (χ1v) is 19.7. The number of fused-ring (bicyclic) bond motifs is 9. The highest BCUT2D eigenvalue weighted by molar-refractivity contribution is 6.11. The Morgan fingerprint density at radius 3 is 1.68 bits per heavy atom. The summed E-state index contributed by atoms with van der Waals surface area (Å²) in [7, 11) is 0. The van der Waals surface area contributed by atoms with Crippen molar-refractivity contribution in [1.29, 1.82) is 0 Å². The number of para-hydroxylation sites is 4. The van der Waals surface area contributed by atoms with Crippen molar-refractivity contribution in [2.45, 2.75) is 6.42 Å². The number of pyridine rings is 1. The first-order valence-electron chi connectivity index (χ1n) is 19.7. The van der Waals surface area contributed by atoms with Gasteiger partial charge in [-0.15, -0.1) is 0 Å². The molecule has 8 aromatic carbocycles. The van der Waals surface area contributed by atoms with Gasteiger partial charge < -0.3 is 9.13 Å². The third kappa shape index (κ3) is 4.89. The van der Waals surface area contributed by atoms with Gasteiger partial charge >= 0.3 is 0 Å². The van der Waals surface area contributed by atoms with Gasteiger partial charge in [0.25, 0.3) is 0 Å².